The number of aromatic carboxylic acids is 1. The van der Waals surface area contributed by atoms with Crippen molar-refractivity contribution in [1.29, 1.82) is 0 Å². The molecular weight excluding hydrogens is 326 g/mol. The van der Waals surface area contributed by atoms with Crippen LogP contribution in [0.3, 0.4) is 0 Å². The summed E-state index contributed by atoms with van der Waals surface area (Å²) >= 11 is 6.42. The fraction of sp³-hybridized carbons (Fsp3) is 0.100. The van der Waals surface area contributed by atoms with E-state index in [1.54, 1.807) is 18.2 Å². The van der Waals surface area contributed by atoms with E-state index in [1.165, 1.54) is 0 Å². The second-order valence-electron chi connectivity index (χ2n) is 2.87. The molecule has 1 rings (SSSR count). The minimum atomic E-state index is -0.959. The maximum absolute atomic E-state index is 10.9. The quantitative estimate of drug-likeness (QED) is 0.886. The smallest absolute Gasteiger partial charge is 0.337 e. The lowest BCUT2D eigenvalue weighted by molar-refractivity contribution is 0.0698. The molecule has 80 valence electrons. The number of anilines is 1. The molecule has 1 aromatic rings. The third kappa shape index (κ3) is 3.68. The van der Waals surface area contributed by atoms with Crippen LogP contribution in [-0.4, -0.2) is 17.6 Å². The summed E-state index contributed by atoms with van der Waals surface area (Å²) in [6.07, 6.45) is 0. The highest BCUT2D eigenvalue weighted by Gasteiger charge is 2.09. The molecule has 0 aliphatic heterocycles. The van der Waals surface area contributed by atoms with Gasteiger partial charge < -0.3 is 10.4 Å². The van der Waals surface area contributed by atoms with E-state index in [2.05, 4.69) is 43.8 Å². The van der Waals surface area contributed by atoms with E-state index in [0.717, 1.165) is 8.96 Å². The Labute approximate surface area is 104 Å². The largest absolute Gasteiger partial charge is 0.478 e. The summed E-state index contributed by atoms with van der Waals surface area (Å²) in [5, 5.41) is 11.9. The fourth-order valence-electron chi connectivity index (χ4n) is 1.04. The monoisotopic (exact) mass is 333 g/mol. The maximum atomic E-state index is 10.9. The molecule has 2 N–H and O–H groups in total. The Morgan fingerprint density at radius 3 is 2.73 bits per heavy atom. The predicted octanol–water partition coefficient (Wildman–Crippen LogP) is 3.47. The van der Waals surface area contributed by atoms with Crippen molar-refractivity contribution < 1.29 is 9.90 Å². The van der Waals surface area contributed by atoms with Crippen molar-refractivity contribution >= 4 is 43.5 Å². The van der Waals surface area contributed by atoms with Crippen LogP contribution < -0.4 is 5.32 Å². The van der Waals surface area contributed by atoms with Gasteiger partial charge in [-0.05, 0) is 18.2 Å². The van der Waals surface area contributed by atoms with Crippen LogP contribution in [0.15, 0.2) is 33.7 Å². The summed E-state index contributed by atoms with van der Waals surface area (Å²) in [6.45, 7) is 4.15. The molecule has 0 bridgehead atoms. The SMILES string of the molecule is C=C(Br)CNc1ccc(Br)cc1C(=O)O. The van der Waals surface area contributed by atoms with Gasteiger partial charge in [-0.15, -0.1) is 0 Å². The summed E-state index contributed by atoms with van der Waals surface area (Å²) in [6, 6.07) is 5.05. The van der Waals surface area contributed by atoms with E-state index in [4.69, 9.17) is 5.11 Å². The van der Waals surface area contributed by atoms with Crippen molar-refractivity contribution in [3.63, 3.8) is 0 Å². The van der Waals surface area contributed by atoms with Crippen LogP contribution in [0.2, 0.25) is 0 Å². The van der Waals surface area contributed by atoms with E-state index >= 15 is 0 Å². The van der Waals surface area contributed by atoms with Crippen molar-refractivity contribution in [2.75, 3.05) is 11.9 Å². The van der Waals surface area contributed by atoms with Crippen LogP contribution in [0.1, 0.15) is 10.4 Å². The number of carbonyl (C=O) groups is 1. The lowest BCUT2D eigenvalue weighted by Gasteiger charge is -2.08. The Hall–Kier alpha value is -0.810. The number of halogens is 2. The van der Waals surface area contributed by atoms with Crippen LogP contribution in [0, 0.1) is 0 Å². The summed E-state index contributed by atoms with van der Waals surface area (Å²) in [5.41, 5.74) is 0.810. The normalized spacial score (nSPS) is 9.73. The molecule has 0 unspecified atom stereocenters. The molecule has 0 heterocycles. The number of carboxylic acids is 1. The van der Waals surface area contributed by atoms with E-state index in [1.807, 2.05) is 0 Å². The summed E-state index contributed by atoms with van der Waals surface area (Å²) in [5.74, 6) is -0.959. The molecule has 1 aromatic carbocycles. The van der Waals surface area contributed by atoms with Gasteiger partial charge in [-0.2, -0.15) is 0 Å². The molecule has 0 aliphatic carbocycles. The van der Waals surface area contributed by atoms with Gasteiger partial charge in [-0.25, -0.2) is 4.79 Å². The standard InChI is InChI=1S/C10H9Br2NO2/c1-6(11)5-13-9-3-2-7(12)4-8(9)10(14)15/h2-4,13H,1,5H2,(H,14,15). The average Bonchev–Trinajstić information content (AvgIpc) is 2.15. The fourth-order valence-corrected chi connectivity index (χ4v) is 1.54. The van der Waals surface area contributed by atoms with Crippen LogP contribution in [0.25, 0.3) is 0 Å². The van der Waals surface area contributed by atoms with Crippen LogP contribution in [0.5, 0.6) is 0 Å². The second-order valence-corrected chi connectivity index (χ2v) is 4.90. The van der Waals surface area contributed by atoms with Gasteiger partial charge >= 0.3 is 5.97 Å². The molecule has 3 nitrogen and oxygen atoms in total. The van der Waals surface area contributed by atoms with E-state index < -0.39 is 5.97 Å². The van der Waals surface area contributed by atoms with Gasteiger partial charge in [0.2, 0.25) is 0 Å². The van der Waals surface area contributed by atoms with Crippen LogP contribution in [0.4, 0.5) is 5.69 Å². The van der Waals surface area contributed by atoms with Crippen molar-refractivity contribution in [3.05, 3.63) is 39.3 Å². The molecule has 0 fully saturated rings. The first kappa shape index (κ1) is 12.3. The Bertz CT molecular complexity index is 404. The van der Waals surface area contributed by atoms with Gasteiger partial charge in [-0.1, -0.05) is 38.4 Å². The topological polar surface area (TPSA) is 49.3 Å². The maximum Gasteiger partial charge on any atom is 0.337 e. The highest BCUT2D eigenvalue weighted by molar-refractivity contribution is 9.11. The van der Waals surface area contributed by atoms with Gasteiger partial charge in [0.15, 0.2) is 0 Å². The predicted molar refractivity (Wildman–Crippen MR) is 67.7 cm³/mol. The molecule has 5 heteroatoms. The average molecular weight is 335 g/mol. The Morgan fingerprint density at radius 2 is 2.20 bits per heavy atom. The molecule has 15 heavy (non-hydrogen) atoms. The third-order valence-electron chi connectivity index (χ3n) is 1.68. The first-order valence-corrected chi connectivity index (χ1v) is 5.69. The highest BCUT2D eigenvalue weighted by Crippen LogP contribution is 2.21. The number of nitrogens with one attached hydrogen (secondary N) is 1. The van der Waals surface area contributed by atoms with Gasteiger partial charge in [0.1, 0.15) is 0 Å². The zero-order chi connectivity index (χ0) is 11.4. The highest BCUT2D eigenvalue weighted by atomic mass is 79.9. The summed E-state index contributed by atoms with van der Waals surface area (Å²) < 4.78 is 1.50. The van der Waals surface area contributed by atoms with E-state index in [-0.39, 0.29) is 5.56 Å². The molecule has 0 aliphatic rings. The lowest BCUT2D eigenvalue weighted by Crippen LogP contribution is -2.07. The van der Waals surface area contributed by atoms with Gasteiger partial charge in [0.05, 0.1) is 5.56 Å². The first-order chi connectivity index (χ1) is 7.00. The Morgan fingerprint density at radius 1 is 1.53 bits per heavy atom. The molecule has 0 aromatic heterocycles. The van der Waals surface area contributed by atoms with Crippen molar-refractivity contribution in [1.82, 2.24) is 0 Å². The molecule has 0 atom stereocenters. The molecular formula is C10H9Br2NO2. The second kappa shape index (κ2) is 5.32. The summed E-state index contributed by atoms with van der Waals surface area (Å²) in [7, 11) is 0. The van der Waals surface area contributed by atoms with Crippen LogP contribution >= 0.6 is 31.9 Å². The van der Waals surface area contributed by atoms with Crippen molar-refractivity contribution in [3.8, 4) is 0 Å². The number of hydrogen-bond acceptors (Lipinski definition) is 2. The molecule has 0 amide bonds. The molecule has 0 saturated carbocycles. The van der Waals surface area contributed by atoms with Crippen molar-refractivity contribution in [2.24, 2.45) is 0 Å². The van der Waals surface area contributed by atoms with Gasteiger partial charge in [0.25, 0.3) is 0 Å². The van der Waals surface area contributed by atoms with E-state index in [0.29, 0.717) is 12.2 Å². The zero-order valence-corrected chi connectivity index (χ0v) is 10.9. The van der Waals surface area contributed by atoms with Crippen molar-refractivity contribution in [2.45, 2.75) is 0 Å². The van der Waals surface area contributed by atoms with Gasteiger partial charge in [0, 0.05) is 21.2 Å². The Balaban J connectivity index is 2.95. The molecule has 0 radical (unpaired) electrons. The first-order valence-electron chi connectivity index (χ1n) is 4.10. The zero-order valence-electron chi connectivity index (χ0n) is 7.76. The lowest BCUT2D eigenvalue weighted by atomic mass is 10.2. The minimum absolute atomic E-state index is 0.234. The number of rotatable bonds is 4. The number of carboxylic acid groups (broad SMARTS) is 1. The third-order valence-corrected chi connectivity index (χ3v) is 2.46. The minimum Gasteiger partial charge on any atom is -0.478 e. The molecule has 0 saturated heterocycles. The Kier molecular flexibility index (Phi) is 4.35. The number of hydrogen-bond donors (Lipinski definition) is 2. The van der Waals surface area contributed by atoms with Crippen LogP contribution in [-0.2, 0) is 0 Å². The number of benzene rings is 1. The summed E-state index contributed by atoms with van der Waals surface area (Å²) in [4.78, 5) is 10.9. The van der Waals surface area contributed by atoms with E-state index in [9.17, 15) is 4.79 Å². The molecule has 0 spiro atoms. The van der Waals surface area contributed by atoms with Gasteiger partial charge in [-0.3, -0.25) is 0 Å².